The summed E-state index contributed by atoms with van der Waals surface area (Å²) in [6, 6.07) is 0.00940. The molecule has 3 fully saturated rings. The van der Waals surface area contributed by atoms with E-state index < -0.39 is 0 Å². The number of nitrogens with zero attached hydrogens (tertiary/aromatic N) is 1. The number of allylic oxidation sites excluding steroid dienone is 2. The highest BCUT2D eigenvalue weighted by atomic mass is 16.2. The summed E-state index contributed by atoms with van der Waals surface area (Å²) in [7, 11) is 0. The van der Waals surface area contributed by atoms with Gasteiger partial charge in [0.1, 0.15) is 0 Å². The third-order valence-electron chi connectivity index (χ3n) is 5.40. The minimum atomic E-state index is -0.0256. The molecule has 4 aliphatic rings. The SMILES string of the molecule is CC(C)N1C(=O)[C@@H]2[C@H](C1=O)[C@@H]1C=C[C@@H]2C12CC2. The fraction of sp³-hybridized carbons (Fsp3) is 0.714. The largest absolute Gasteiger partial charge is 0.280 e. The maximum atomic E-state index is 12.4. The van der Waals surface area contributed by atoms with Gasteiger partial charge in [-0.05, 0) is 43.9 Å². The van der Waals surface area contributed by atoms with Gasteiger partial charge in [0.05, 0.1) is 11.8 Å². The van der Waals surface area contributed by atoms with Crippen LogP contribution in [0.15, 0.2) is 12.2 Å². The van der Waals surface area contributed by atoms with E-state index in [2.05, 4.69) is 12.2 Å². The van der Waals surface area contributed by atoms with Crippen LogP contribution >= 0.6 is 0 Å². The molecule has 0 aromatic carbocycles. The van der Waals surface area contributed by atoms with Crippen molar-refractivity contribution in [2.24, 2.45) is 29.1 Å². The molecule has 1 heterocycles. The first-order valence-corrected chi connectivity index (χ1v) is 6.63. The van der Waals surface area contributed by atoms with Gasteiger partial charge in [0, 0.05) is 6.04 Å². The summed E-state index contributed by atoms with van der Waals surface area (Å²) < 4.78 is 0. The van der Waals surface area contributed by atoms with Crippen LogP contribution in [0.5, 0.6) is 0 Å². The molecule has 0 aromatic rings. The fourth-order valence-electron chi connectivity index (χ4n) is 4.61. The van der Waals surface area contributed by atoms with Crippen molar-refractivity contribution < 1.29 is 9.59 Å². The van der Waals surface area contributed by atoms with Gasteiger partial charge in [0.25, 0.3) is 0 Å². The predicted molar refractivity (Wildman–Crippen MR) is 61.8 cm³/mol. The van der Waals surface area contributed by atoms with Crippen LogP contribution in [-0.2, 0) is 9.59 Å². The number of hydrogen-bond acceptors (Lipinski definition) is 2. The Morgan fingerprint density at radius 3 is 1.94 bits per heavy atom. The number of hydrogen-bond donors (Lipinski definition) is 0. The monoisotopic (exact) mass is 231 g/mol. The molecule has 0 unspecified atom stereocenters. The molecule has 2 saturated carbocycles. The molecule has 4 atom stereocenters. The summed E-state index contributed by atoms with van der Waals surface area (Å²) in [5, 5.41) is 0. The fourth-order valence-corrected chi connectivity index (χ4v) is 4.61. The third-order valence-corrected chi connectivity index (χ3v) is 5.40. The number of carbonyl (C=O) groups is 2. The molecule has 17 heavy (non-hydrogen) atoms. The lowest BCUT2D eigenvalue weighted by Gasteiger charge is -2.24. The van der Waals surface area contributed by atoms with E-state index in [-0.39, 0.29) is 29.7 Å². The Bertz CT molecular complexity index is 427. The smallest absolute Gasteiger partial charge is 0.233 e. The van der Waals surface area contributed by atoms with Crippen LogP contribution in [0.2, 0.25) is 0 Å². The van der Waals surface area contributed by atoms with Crippen molar-refractivity contribution in [3.8, 4) is 0 Å². The average Bonchev–Trinajstić information content (AvgIpc) is 2.85. The summed E-state index contributed by atoms with van der Waals surface area (Å²) >= 11 is 0. The first-order valence-electron chi connectivity index (χ1n) is 6.63. The van der Waals surface area contributed by atoms with Crippen molar-refractivity contribution >= 4 is 11.8 Å². The summed E-state index contributed by atoms with van der Waals surface area (Å²) in [6.45, 7) is 3.86. The van der Waals surface area contributed by atoms with Gasteiger partial charge in [0.15, 0.2) is 0 Å². The number of fused-ring (bicyclic) bond motifs is 3. The first kappa shape index (κ1) is 9.86. The minimum absolute atomic E-state index is 0.00940. The molecule has 0 aromatic heterocycles. The van der Waals surface area contributed by atoms with E-state index in [4.69, 9.17) is 0 Å². The van der Waals surface area contributed by atoms with Crippen LogP contribution in [0, 0.1) is 29.1 Å². The van der Waals surface area contributed by atoms with Gasteiger partial charge in [-0.15, -0.1) is 0 Å². The number of imide groups is 1. The summed E-state index contributed by atoms with van der Waals surface area (Å²) in [5.41, 5.74) is 0.323. The molecule has 3 aliphatic carbocycles. The van der Waals surface area contributed by atoms with Gasteiger partial charge in [0.2, 0.25) is 11.8 Å². The summed E-state index contributed by atoms with van der Waals surface area (Å²) in [5.74, 6) is 0.858. The maximum Gasteiger partial charge on any atom is 0.233 e. The molecule has 0 radical (unpaired) electrons. The highest BCUT2D eigenvalue weighted by Crippen LogP contribution is 2.73. The molecule has 0 N–H and O–H groups in total. The van der Waals surface area contributed by atoms with Crippen LogP contribution in [0.4, 0.5) is 0 Å². The Hall–Kier alpha value is -1.12. The van der Waals surface area contributed by atoms with Gasteiger partial charge >= 0.3 is 0 Å². The lowest BCUT2D eigenvalue weighted by atomic mass is 9.85. The second kappa shape index (κ2) is 2.65. The number of amides is 2. The van der Waals surface area contributed by atoms with E-state index in [9.17, 15) is 9.59 Å². The van der Waals surface area contributed by atoms with E-state index in [1.165, 1.54) is 17.7 Å². The van der Waals surface area contributed by atoms with Crippen LogP contribution < -0.4 is 0 Å². The predicted octanol–water partition coefficient (Wildman–Crippen LogP) is 1.59. The zero-order valence-corrected chi connectivity index (χ0v) is 10.2. The lowest BCUT2D eigenvalue weighted by Crippen LogP contribution is -2.39. The molecule has 1 aliphatic heterocycles. The topological polar surface area (TPSA) is 37.4 Å². The Labute approximate surface area is 101 Å². The first-order chi connectivity index (χ1) is 8.08. The van der Waals surface area contributed by atoms with Crippen molar-refractivity contribution in [1.82, 2.24) is 4.90 Å². The molecule has 1 spiro atoms. The van der Waals surface area contributed by atoms with Crippen molar-refractivity contribution in [1.29, 1.82) is 0 Å². The van der Waals surface area contributed by atoms with Crippen molar-refractivity contribution in [2.45, 2.75) is 32.7 Å². The van der Waals surface area contributed by atoms with E-state index >= 15 is 0 Å². The normalized spacial score (nSPS) is 44.3. The molecular weight excluding hydrogens is 214 g/mol. The van der Waals surface area contributed by atoms with E-state index in [1.54, 1.807) is 0 Å². The van der Waals surface area contributed by atoms with Crippen molar-refractivity contribution in [2.75, 3.05) is 0 Å². The van der Waals surface area contributed by atoms with Crippen LogP contribution in [0.25, 0.3) is 0 Å². The standard InChI is InChI=1S/C14H17NO2/c1-7(2)15-12(16)10-8-3-4-9(11(10)13(15)17)14(8)5-6-14/h3-4,7-11H,5-6H2,1-2H3/t8-,9-,10-,11+/m0/s1. The molecular formula is C14H17NO2. The van der Waals surface area contributed by atoms with Gasteiger partial charge in [-0.2, -0.15) is 0 Å². The van der Waals surface area contributed by atoms with Crippen LogP contribution in [0.3, 0.4) is 0 Å². The Balaban J connectivity index is 1.79. The van der Waals surface area contributed by atoms with Gasteiger partial charge in [-0.1, -0.05) is 12.2 Å². The molecule has 3 nitrogen and oxygen atoms in total. The van der Waals surface area contributed by atoms with Crippen LogP contribution in [0.1, 0.15) is 26.7 Å². The lowest BCUT2D eigenvalue weighted by molar-refractivity contribution is -0.143. The average molecular weight is 231 g/mol. The number of rotatable bonds is 1. The van der Waals surface area contributed by atoms with E-state index in [1.807, 2.05) is 13.8 Å². The second-order valence-electron chi connectivity index (χ2n) is 6.36. The quantitative estimate of drug-likeness (QED) is 0.507. The molecule has 3 heteroatoms. The Morgan fingerprint density at radius 2 is 1.59 bits per heavy atom. The van der Waals surface area contributed by atoms with Gasteiger partial charge in [-0.25, -0.2) is 0 Å². The van der Waals surface area contributed by atoms with Gasteiger partial charge in [-0.3, -0.25) is 14.5 Å². The molecule has 4 rings (SSSR count). The molecule has 2 bridgehead atoms. The van der Waals surface area contributed by atoms with E-state index in [0.29, 0.717) is 17.3 Å². The Morgan fingerprint density at radius 1 is 1.12 bits per heavy atom. The summed E-state index contributed by atoms with van der Waals surface area (Å²) in [4.78, 5) is 26.3. The summed E-state index contributed by atoms with van der Waals surface area (Å²) in [6.07, 6.45) is 6.86. The zero-order chi connectivity index (χ0) is 11.9. The highest BCUT2D eigenvalue weighted by molar-refractivity contribution is 6.07. The van der Waals surface area contributed by atoms with Gasteiger partial charge < -0.3 is 0 Å². The highest BCUT2D eigenvalue weighted by Gasteiger charge is 2.73. The van der Waals surface area contributed by atoms with Crippen LogP contribution in [-0.4, -0.2) is 22.8 Å². The number of carbonyl (C=O) groups excluding carboxylic acids is 2. The zero-order valence-electron chi connectivity index (χ0n) is 10.2. The van der Waals surface area contributed by atoms with E-state index in [0.717, 1.165) is 0 Å². The molecule has 2 amide bonds. The second-order valence-corrected chi connectivity index (χ2v) is 6.36. The van der Waals surface area contributed by atoms with Crippen molar-refractivity contribution in [3.05, 3.63) is 12.2 Å². The molecule has 1 saturated heterocycles. The minimum Gasteiger partial charge on any atom is -0.280 e. The molecule has 90 valence electrons. The van der Waals surface area contributed by atoms with Crippen molar-refractivity contribution in [3.63, 3.8) is 0 Å². The Kier molecular flexibility index (Phi) is 1.54. The third kappa shape index (κ3) is 0.883. The number of likely N-dealkylation sites (tertiary alicyclic amines) is 1. The maximum absolute atomic E-state index is 12.4.